The Kier molecular flexibility index (Phi) is 5.95. The summed E-state index contributed by atoms with van der Waals surface area (Å²) in [6.07, 6.45) is 0.693. The van der Waals surface area contributed by atoms with Crippen LogP contribution in [0.25, 0.3) is 0 Å². The maximum atomic E-state index is 13.4. The predicted molar refractivity (Wildman–Crippen MR) is 101 cm³/mol. The largest absolute Gasteiger partial charge is 0.496 e. The molecule has 1 aliphatic rings. The normalized spacial score (nSPS) is 16.8. The lowest BCUT2D eigenvalue weighted by Gasteiger charge is -2.13. The number of anilines is 1. The zero-order valence-corrected chi connectivity index (χ0v) is 16.4. The minimum Gasteiger partial charge on any atom is -0.496 e. The van der Waals surface area contributed by atoms with E-state index in [2.05, 4.69) is 10.3 Å². The van der Waals surface area contributed by atoms with Crippen molar-refractivity contribution in [1.29, 1.82) is 0 Å². The summed E-state index contributed by atoms with van der Waals surface area (Å²) in [6, 6.07) is 6.67. The molecular formula is C19H21FN2O5S. The van der Waals surface area contributed by atoms with Crippen LogP contribution in [0.1, 0.15) is 22.5 Å². The molecule has 1 aromatic heterocycles. The van der Waals surface area contributed by atoms with Gasteiger partial charge in [-0.3, -0.25) is 4.79 Å². The Labute approximate surface area is 162 Å². The van der Waals surface area contributed by atoms with Crippen LogP contribution in [-0.2, 0) is 14.6 Å². The molecular weight excluding hydrogens is 387 g/mol. The van der Waals surface area contributed by atoms with E-state index in [1.165, 1.54) is 44.4 Å². The number of methoxy groups -OCH3 is 1. The molecule has 1 fully saturated rings. The van der Waals surface area contributed by atoms with Crippen LogP contribution in [0, 0.1) is 18.7 Å². The van der Waals surface area contributed by atoms with Gasteiger partial charge in [-0.25, -0.2) is 17.8 Å². The Morgan fingerprint density at radius 1 is 1.36 bits per heavy atom. The number of aromatic nitrogens is 1. The zero-order valence-electron chi connectivity index (χ0n) is 15.6. The summed E-state index contributed by atoms with van der Waals surface area (Å²) in [5.74, 6) is -0.812. The number of hydrogen-bond acceptors (Lipinski definition) is 6. The van der Waals surface area contributed by atoms with Gasteiger partial charge in [0.25, 0.3) is 5.91 Å². The lowest BCUT2D eigenvalue weighted by atomic mass is 10.2. The van der Waals surface area contributed by atoms with Crippen LogP contribution in [0.5, 0.6) is 5.75 Å². The molecule has 0 aliphatic carbocycles. The Balaban J connectivity index is 1.87. The van der Waals surface area contributed by atoms with Crippen LogP contribution in [0.2, 0.25) is 0 Å². The van der Waals surface area contributed by atoms with Gasteiger partial charge in [-0.05, 0) is 49.6 Å². The molecule has 150 valence electrons. The number of carbonyl (C=O) groups is 1. The van der Waals surface area contributed by atoms with E-state index in [0.717, 1.165) is 0 Å². The molecule has 1 N–H and O–H groups in total. The first-order valence-electron chi connectivity index (χ1n) is 8.73. The fourth-order valence-corrected chi connectivity index (χ4v) is 4.63. The second-order valence-corrected chi connectivity index (χ2v) is 8.63. The van der Waals surface area contributed by atoms with Gasteiger partial charge >= 0.3 is 0 Å². The van der Waals surface area contributed by atoms with Gasteiger partial charge < -0.3 is 14.8 Å². The minimum absolute atomic E-state index is 0.0357. The second-order valence-electron chi connectivity index (χ2n) is 6.59. The fraction of sp³-hybridized carbons (Fsp3) is 0.368. The van der Waals surface area contributed by atoms with E-state index in [4.69, 9.17) is 9.47 Å². The second kappa shape index (κ2) is 8.24. The molecule has 1 saturated heterocycles. The predicted octanol–water partition coefficient (Wildman–Crippen LogP) is 2.60. The number of nitrogens with zero attached hydrogens (tertiary/aromatic N) is 1. The number of sulfone groups is 1. The van der Waals surface area contributed by atoms with Gasteiger partial charge in [-0.1, -0.05) is 0 Å². The van der Waals surface area contributed by atoms with E-state index in [1.54, 1.807) is 0 Å². The van der Waals surface area contributed by atoms with E-state index in [-0.39, 0.29) is 39.4 Å². The number of nitrogens with one attached hydrogen (secondary N) is 1. The number of pyridine rings is 1. The highest BCUT2D eigenvalue weighted by atomic mass is 32.2. The van der Waals surface area contributed by atoms with Gasteiger partial charge in [-0.2, -0.15) is 0 Å². The van der Waals surface area contributed by atoms with Crippen molar-refractivity contribution in [1.82, 2.24) is 4.98 Å². The average molecular weight is 408 g/mol. The van der Waals surface area contributed by atoms with Crippen molar-refractivity contribution < 1.29 is 27.1 Å². The summed E-state index contributed by atoms with van der Waals surface area (Å²) in [7, 11) is -2.21. The topological polar surface area (TPSA) is 94.6 Å². The van der Waals surface area contributed by atoms with Gasteiger partial charge in [0.05, 0.1) is 35.6 Å². The number of halogens is 1. The molecule has 9 heteroatoms. The SMILES string of the molecule is COc1ccc(S(=O)(=O)C[C@H]2CCOC2)cc1C(=O)Nc1ccc(F)c(C)n1. The summed E-state index contributed by atoms with van der Waals surface area (Å²) < 4.78 is 49.2. The zero-order chi connectivity index (χ0) is 20.3. The molecule has 28 heavy (non-hydrogen) atoms. The lowest BCUT2D eigenvalue weighted by molar-refractivity contribution is 0.102. The molecule has 1 amide bonds. The maximum Gasteiger partial charge on any atom is 0.260 e. The molecule has 2 aromatic rings. The molecule has 0 radical (unpaired) electrons. The molecule has 0 saturated carbocycles. The molecule has 7 nitrogen and oxygen atoms in total. The molecule has 1 atom stereocenters. The Morgan fingerprint density at radius 3 is 2.79 bits per heavy atom. The van der Waals surface area contributed by atoms with Crippen LogP contribution in [-0.4, -0.2) is 45.4 Å². The minimum atomic E-state index is -3.59. The Bertz CT molecular complexity index is 988. The fourth-order valence-electron chi connectivity index (χ4n) is 2.98. The first-order valence-corrected chi connectivity index (χ1v) is 10.4. The van der Waals surface area contributed by atoms with Crippen molar-refractivity contribution in [3.63, 3.8) is 0 Å². The highest BCUT2D eigenvalue weighted by Gasteiger charge is 2.26. The van der Waals surface area contributed by atoms with Crippen LogP contribution in [0.3, 0.4) is 0 Å². The highest BCUT2D eigenvalue weighted by molar-refractivity contribution is 7.91. The van der Waals surface area contributed by atoms with Crippen molar-refractivity contribution in [3.8, 4) is 5.75 Å². The number of rotatable bonds is 6. The van der Waals surface area contributed by atoms with Crippen LogP contribution < -0.4 is 10.1 Å². The van der Waals surface area contributed by atoms with Gasteiger partial charge in [0.1, 0.15) is 17.4 Å². The van der Waals surface area contributed by atoms with Gasteiger partial charge in [0.2, 0.25) is 0 Å². The molecule has 0 bridgehead atoms. The standard InChI is InChI=1S/C19H21FN2O5S/c1-12-16(20)4-6-18(21-12)22-19(23)15-9-14(3-5-17(15)26-2)28(24,25)11-13-7-8-27-10-13/h3-6,9,13H,7-8,10-11H2,1-2H3,(H,21,22,23)/t13-/m0/s1. The molecule has 2 heterocycles. The smallest absolute Gasteiger partial charge is 0.260 e. The van der Waals surface area contributed by atoms with Gasteiger partial charge in [-0.15, -0.1) is 0 Å². The van der Waals surface area contributed by atoms with Crippen molar-refractivity contribution >= 4 is 21.6 Å². The first kappa shape index (κ1) is 20.2. The van der Waals surface area contributed by atoms with Crippen molar-refractivity contribution in [2.75, 3.05) is 31.4 Å². The number of hydrogen-bond donors (Lipinski definition) is 1. The summed E-state index contributed by atoms with van der Waals surface area (Å²) in [5.41, 5.74) is 0.190. The Hall–Kier alpha value is -2.52. The molecule has 0 unspecified atom stereocenters. The number of benzene rings is 1. The summed E-state index contributed by atoms with van der Waals surface area (Å²) in [6.45, 7) is 2.45. The third kappa shape index (κ3) is 4.48. The van der Waals surface area contributed by atoms with Crippen molar-refractivity contribution in [3.05, 3.63) is 47.4 Å². The molecule has 1 aromatic carbocycles. The number of aryl methyl sites for hydroxylation is 1. The number of amides is 1. The summed E-state index contributed by atoms with van der Waals surface area (Å²) >= 11 is 0. The van der Waals surface area contributed by atoms with Crippen molar-refractivity contribution in [2.24, 2.45) is 5.92 Å². The number of carbonyl (C=O) groups excluding carboxylic acids is 1. The van der Waals surface area contributed by atoms with Crippen LogP contribution >= 0.6 is 0 Å². The highest BCUT2D eigenvalue weighted by Crippen LogP contribution is 2.26. The van der Waals surface area contributed by atoms with Gasteiger partial charge in [0.15, 0.2) is 9.84 Å². The summed E-state index contributed by atoms with van der Waals surface area (Å²) in [4.78, 5) is 16.7. The third-order valence-electron chi connectivity index (χ3n) is 4.52. The van der Waals surface area contributed by atoms with E-state index >= 15 is 0 Å². The van der Waals surface area contributed by atoms with E-state index in [0.29, 0.717) is 19.6 Å². The third-order valence-corrected chi connectivity index (χ3v) is 6.40. The number of ether oxygens (including phenoxy) is 2. The average Bonchev–Trinajstić information content (AvgIpc) is 3.16. The van der Waals surface area contributed by atoms with E-state index < -0.39 is 21.6 Å². The van der Waals surface area contributed by atoms with Crippen molar-refractivity contribution in [2.45, 2.75) is 18.2 Å². The van der Waals surface area contributed by atoms with Crippen LogP contribution in [0.15, 0.2) is 35.2 Å². The van der Waals surface area contributed by atoms with E-state index in [9.17, 15) is 17.6 Å². The van der Waals surface area contributed by atoms with E-state index in [1.807, 2.05) is 0 Å². The monoisotopic (exact) mass is 408 g/mol. The quantitative estimate of drug-likeness (QED) is 0.790. The first-order chi connectivity index (χ1) is 13.3. The lowest BCUT2D eigenvalue weighted by Crippen LogP contribution is -2.18. The van der Waals surface area contributed by atoms with Crippen LogP contribution in [0.4, 0.5) is 10.2 Å². The maximum absolute atomic E-state index is 13.4. The summed E-state index contributed by atoms with van der Waals surface area (Å²) in [5, 5.41) is 2.54. The van der Waals surface area contributed by atoms with Gasteiger partial charge in [0, 0.05) is 6.61 Å². The molecule has 3 rings (SSSR count). The Morgan fingerprint density at radius 2 is 2.14 bits per heavy atom. The molecule has 0 spiro atoms. The molecule has 1 aliphatic heterocycles.